The lowest BCUT2D eigenvalue weighted by molar-refractivity contribution is -0.132. The third-order valence-corrected chi connectivity index (χ3v) is 6.79. The molecule has 0 aliphatic rings. The molecule has 7 heteroatoms. The first-order valence-electron chi connectivity index (χ1n) is 13.6. The number of carbonyl (C=O) groups is 2. The van der Waals surface area contributed by atoms with Crippen LogP contribution in [0.15, 0.2) is 79.0 Å². The number of aromatic nitrogens is 1. The summed E-state index contributed by atoms with van der Waals surface area (Å²) in [6, 6.07) is 21.7. The Kier molecular flexibility index (Phi) is 9.73. The fourth-order valence-corrected chi connectivity index (χ4v) is 4.63. The highest BCUT2D eigenvalue weighted by atomic mass is 19.1. The maximum absolute atomic E-state index is 14.4. The molecule has 1 N–H and O–H groups in total. The molecule has 0 fully saturated rings. The molecule has 2 amide bonds. The normalized spacial score (nSPS) is 10.9. The van der Waals surface area contributed by atoms with E-state index < -0.39 is 11.7 Å². The van der Waals surface area contributed by atoms with E-state index in [1.54, 1.807) is 17.0 Å². The molecule has 6 nitrogen and oxygen atoms in total. The second-order valence-electron chi connectivity index (χ2n) is 9.56. The zero-order valence-corrected chi connectivity index (χ0v) is 22.7. The van der Waals surface area contributed by atoms with Crippen LogP contribution in [0.2, 0.25) is 0 Å². The van der Waals surface area contributed by atoms with Gasteiger partial charge in [0.2, 0.25) is 5.91 Å². The summed E-state index contributed by atoms with van der Waals surface area (Å²) in [4.78, 5) is 33.6. The Morgan fingerprint density at radius 2 is 1.64 bits per heavy atom. The number of hydrogen-bond donors (Lipinski definition) is 1. The van der Waals surface area contributed by atoms with Crippen molar-refractivity contribution in [2.45, 2.75) is 39.7 Å². The van der Waals surface area contributed by atoms with Crippen molar-refractivity contribution in [3.05, 3.63) is 102 Å². The molecule has 1 heterocycles. The number of amides is 2. The minimum absolute atomic E-state index is 0.0155. The minimum atomic E-state index is -0.581. The molecule has 39 heavy (non-hydrogen) atoms. The highest BCUT2D eigenvalue weighted by Crippen LogP contribution is 2.20. The number of halogens is 1. The predicted octanol–water partition coefficient (Wildman–Crippen LogP) is 6.22. The van der Waals surface area contributed by atoms with Gasteiger partial charge in [-0.05, 0) is 61.2 Å². The van der Waals surface area contributed by atoms with Gasteiger partial charge in [0.25, 0.3) is 5.91 Å². The fraction of sp³-hybridized carbons (Fsp3) is 0.312. The van der Waals surface area contributed by atoms with Crippen molar-refractivity contribution in [2.24, 2.45) is 0 Å². The highest BCUT2D eigenvalue weighted by Gasteiger charge is 2.24. The van der Waals surface area contributed by atoms with Crippen molar-refractivity contribution in [3.63, 3.8) is 0 Å². The predicted molar refractivity (Wildman–Crippen MR) is 152 cm³/mol. The standard InChI is InChI=1S/C32H36FN3O3/c1-3-5-19-36(32(38)28-11-6-8-12-29(28)33)23-31(37)35(22-24-14-16-26(17-15-24)39-4-2)20-18-25-21-34-30-13-9-7-10-27(25)30/h6-17,21,34H,3-5,18-20,22-23H2,1-2H3. The van der Waals surface area contributed by atoms with E-state index in [0.29, 0.717) is 32.7 Å². The SMILES string of the molecule is CCCCN(CC(=O)N(CCc1c[nH]c2ccccc12)Cc1ccc(OCC)cc1)C(=O)c1ccccc1F. The summed E-state index contributed by atoms with van der Waals surface area (Å²) in [6.07, 6.45) is 4.22. The Morgan fingerprint density at radius 3 is 2.38 bits per heavy atom. The van der Waals surface area contributed by atoms with Gasteiger partial charge in [-0.3, -0.25) is 9.59 Å². The molecule has 0 atom stereocenters. The van der Waals surface area contributed by atoms with Crippen LogP contribution in [-0.2, 0) is 17.8 Å². The van der Waals surface area contributed by atoms with Crippen LogP contribution in [0.25, 0.3) is 10.9 Å². The van der Waals surface area contributed by atoms with Crippen molar-refractivity contribution in [1.82, 2.24) is 14.8 Å². The van der Waals surface area contributed by atoms with Gasteiger partial charge in [-0.15, -0.1) is 0 Å². The molecular formula is C32H36FN3O3. The van der Waals surface area contributed by atoms with E-state index >= 15 is 0 Å². The number of carbonyl (C=O) groups excluding carboxylic acids is 2. The fourth-order valence-electron chi connectivity index (χ4n) is 4.63. The molecule has 0 saturated heterocycles. The average molecular weight is 530 g/mol. The lowest BCUT2D eigenvalue weighted by atomic mass is 10.1. The third-order valence-electron chi connectivity index (χ3n) is 6.79. The second-order valence-corrected chi connectivity index (χ2v) is 9.56. The Morgan fingerprint density at radius 1 is 0.897 bits per heavy atom. The number of nitrogens with one attached hydrogen (secondary N) is 1. The van der Waals surface area contributed by atoms with E-state index in [-0.39, 0.29) is 18.0 Å². The highest BCUT2D eigenvalue weighted by molar-refractivity contribution is 5.96. The van der Waals surface area contributed by atoms with Crippen molar-refractivity contribution >= 4 is 22.7 Å². The number of hydrogen-bond acceptors (Lipinski definition) is 3. The van der Waals surface area contributed by atoms with Gasteiger partial charge in [-0.2, -0.15) is 0 Å². The molecule has 0 unspecified atom stereocenters. The topological polar surface area (TPSA) is 65.6 Å². The quantitative estimate of drug-likeness (QED) is 0.224. The first kappa shape index (κ1) is 27.9. The van der Waals surface area contributed by atoms with Gasteiger partial charge in [0.1, 0.15) is 18.1 Å². The monoisotopic (exact) mass is 529 g/mol. The molecule has 0 spiro atoms. The van der Waals surface area contributed by atoms with Crippen molar-refractivity contribution in [3.8, 4) is 5.75 Å². The summed E-state index contributed by atoms with van der Waals surface area (Å²) in [6.45, 7) is 5.68. The number of aromatic amines is 1. The second kappa shape index (κ2) is 13.6. The molecule has 0 aliphatic heterocycles. The summed E-state index contributed by atoms with van der Waals surface area (Å²) in [7, 11) is 0. The van der Waals surface area contributed by atoms with Crippen LogP contribution < -0.4 is 4.74 Å². The van der Waals surface area contributed by atoms with Crippen LogP contribution in [-0.4, -0.2) is 52.8 Å². The lowest BCUT2D eigenvalue weighted by Crippen LogP contribution is -2.44. The first-order valence-corrected chi connectivity index (χ1v) is 13.6. The molecule has 1 aromatic heterocycles. The summed E-state index contributed by atoms with van der Waals surface area (Å²) in [5, 5.41) is 1.13. The van der Waals surface area contributed by atoms with E-state index in [9.17, 15) is 14.0 Å². The molecular weight excluding hydrogens is 493 g/mol. The molecule has 0 saturated carbocycles. The van der Waals surface area contributed by atoms with Crippen molar-refractivity contribution in [2.75, 3.05) is 26.2 Å². The molecule has 4 rings (SSSR count). The Hall–Kier alpha value is -4.13. The summed E-state index contributed by atoms with van der Waals surface area (Å²) < 4.78 is 20.0. The smallest absolute Gasteiger partial charge is 0.257 e. The lowest BCUT2D eigenvalue weighted by Gasteiger charge is -2.28. The van der Waals surface area contributed by atoms with Gasteiger partial charge in [-0.25, -0.2) is 4.39 Å². The van der Waals surface area contributed by atoms with E-state index in [4.69, 9.17) is 4.74 Å². The Balaban J connectivity index is 1.55. The molecule has 0 bridgehead atoms. The van der Waals surface area contributed by atoms with Gasteiger partial charge in [0.05, 0.1) is 12.2 Å². The van der Waals surface area contributed by atoms with Crippen LogP contribution in [0.1, 0.15) is 48.2 Å². The number of benzene rings is 3. The summed E-state index contributed by atoms with van der Waals surface area (Å²) in [5.74, 6) is -0.446. The summed E-state index contributed by atoms with van der Waals surface area (Å²) >= 11 is 0. The number of H-pyrrole nitrogens is 1. The molecule has 0 radical (unpaired) electrons. The van der Waals surface area contributed by atoms with E-state index in [0.717, 1.165) is 40.6 Å². The first-order chi connectivity index (χ1) is 19.0. The number of rotatable bonds is 13. The number of unbranched alkanes of at least 4 members (excludes halogenated alkanes) is 1. The van der Waals surface area contributed by atoms with Gasteiger partial charge in [0, 0.05) is 36.7 Å². The van der Waals surface area contributed by atoms with E-state index in [2.05, 4.69) is 11.1 Å². The van der Waals surface area contributed by atoms with Gasteiger partial charge in [0.15, 0.2) is 0 Å². The zero-order chi connectivity index (χ0) is 27.6. The van der Waals surface area contributed by atoms with Gasteiger partial charge >= 0.3 is 0 Å². The van der Waals surface area contributed by atoms with Crippen LogP contribution in [0, 0.1) is 5.82 Å². The van der Waals surface area contributed by atoms with Crippen molar-refractivity contribution < 1.29 is 18.7 Å². The van der Waals surface area contributed by atoms with Gasteiger partial charge in [-0.1, -0.05) is 55.8 Å². The molecule has 204 valence electrons. The maximum atomic E-state index is 14.4. The van der Waals surface area contributed by atoms with Crippen LogP contribution in [0.3, 0.4) is 0 Å². The number of nitrogens with zero attached hydrogens (tertiary/aromatic N) is 2. The average Bonchev–Trinajstić information content (AvgIpc) is 3.37. The van der Waals surface area contributed by atoms with Crippen LogP contribution in [0.4, 0.5) is 4.39 Å². The number of fused-ring (bicyclic) bond motifs is 1. The largest absolute Gasteiger partial charge is 0.494 e. The molecule has 3 aromatic carbocycles. The van der Waals surface area contributed by atoms with Crippen molar-refractivity contribution in [1.29, 1.82) is 0 Å². The van der Waals surface area contributed by atoms with Crippen LogP contribution in [0.5, 0.6) is 5.75 Å². The summed E-state index contributed by atoms with van der Waals surface area (Å²) in [5.41, 5.74) is 3.13. The van der Waals surface area contributed by atoms with E-state index in [1.807, 2.05) is 62.5 Å². The number of para-hydroxylation sites is 1. The molecule has 0 aliphatic carbocycles. The third kappa shape index (κ3) is 7.25. The molecule has 4 aromatic rings. The Labute approximate surface area is 229 Å². The minimum Gasteiger partial charge on any atom is -0.494 e. The van der Waals surface area contributed by atoms with Crippen LogP contribution >= 0.6 is 0 Å². The maximum Gasteiger partial charge on any atom is 0.257 e. The van der Waals surface area contributed by atoms with E-state index in [1.165, 1.54) is 17.0 Å². The number of ether oxygens (including phenoxy) is 1. The Bertz CT molecular complexity index is 1380. The zero-order valence-electron chi connectivity index (χ0n) is 22.7. The van der Waals surface area contributed by atoms with Gasteiger partial charge < -0.3 is 19.5 Å².